The zero-order chi connectivity index (χ0) is 13.0. The van der Waals surface area contributed by atoms with Gasteiger partial charge in [-0.3, -0.25) is 5.10 Å². The molecule has 0 saturated heterocycles. The predicted octanol–water partition coefficient (Wildman–Crippen LogP) is 3.15. The fourth-order valence-electron chi connectivity index (χ4n) is 1.89. The quantitative estimate of drug-likeness (QED) is 0.842. The number of nitrogens with two attached hydrogens (primary N) is 1. The maximum atomic E-state index is 5.75. The van der Waals surface area contributed by atoms with Crippen LogP contribution in [-0.2, 0) is 0 Å². The number of hydrogen-bond donors (Lipinski definition) is 2. The first kappa shape index (κ1) is 13.2. The molecule has 98 valence electrons. The zero-order valence-electron chi connectivity index (χ0n) is 10.9. The molecule has 0 spiro atoms. The van der Waals surface area contributed by atoms with Gasteiger partial charge in [0, 0.05) is 12.0 Å². The van der Waals surface area contributed by atoms with Crippen molar-refractivity contribution in [3.8, 4) is 10.7 Å². The van der Waals surface area contributed by atoms with Crippen molar-refractivity contribution >= 4 is 11.3 Å². The van der Waals surface area contributed by atoms with Gasteiger partial charge in [-0.25, -0.2) is 4.98 Å². The first-order valence-electron chi connectivity index (χ1n) is 6.38. The van der Waals surface area contributed by atoms with Crippen LogP contribution in [0.15, 0.2) is 17.5 Å². The molecule has 0 aliphatic carbocycles. The monoisotopic (exact) mass is 264 g/mol. The van der Waals surface area contributed by atoms with Crippen LogP contribution < -0.4 is 5.73 Å². The standard InChI is InChI=1S/C13H20N4S/c1-9(5-3-6-10(2)14)12-15-13(17-16-12)11-7-4-8-18-11/h4,7-10H,3,5-6,14H2,1-2H3,(H,15,16,17). The number of H-pyrrole nitrogens is 1. The predicted molar refractivity (Wildman–Crippen MR) is 75.6 cm³/mol. The molecule has 2 aromatic heterocycles. The van der Waals surface area contributed by atoms with E-state index in [0.29, 0.717) is 5.92 Å². The molecular weight excluding hydrogens is 244 g/mol. The van der Waals surface area contributed by atoms with E-state index in [1.54, 1.807) is 11.3 Å². The van der Waals surface area contributed by atoms with Crippen LogP contribution in [0, 0.1) is 0 Å². The molecule has 0 aliphatic rings. The van der Waals surface area contributed by atoms with Crippen LogP contribution in [0.5, 0.6) is 0 Å². The van der Waals surface area contributed by atoms with Gasteiger partial charge in [-0.15, -0.1) is 11.3 Å². The smallest absolute Gasteiger partial charge is 0.191 e. The number of aromatic amines is 1. The van der Waals surface area contributed by atoms with E-state index in [0.717, 1.165) is 35.8 Å². The van der Waals surface area contributed by atoms with E-state index in [9.17, 15) is 0 Å². The number of thiophene rings is 1. The van der Waals surface area contributed by atoms with Crippen molar-refractivity contribution in [3.05, 3.63) is 23.3 Å². The molecule has 0 aromatic carbocycles. The van der Waals surface area contributed by atoms with Gasteiger partial charge in [0.1, 0.15) is 5.82 Å². The van der Waals surface area contributed by atoms with Crippen LogP contribution in [-0.4, -0.2) is 21.2 Å². The van der Waals surface area contributed by atoms with Crippen LogP contribution in [0.4, 0.5) is 0 Å². The van der Waals surface area contributed by atoms with Crippen LogP contribution >= 0.6 is 11.3 Å². The Balaban J connectivity index is 1.93. The Bertz CT molecular complexity index is 461. The largest absolute Gasteiger partial charge is 0.328 e. The minimum atomic E-state index is 0.286. The van der Waals surface area contributed by atoms with Crippen molar-refractivity contribution in [2.75, 3.05) is 0 Å². The van der Waals surface area contributed by atoms with Crippen molar-refractivity contribution < 1.29 is 0 Å². The number of rotatable bonds is 6. The summed E-state index contributed by atoms with van der Waals surface area (Å²) in [7, 11) is 0. The lowest BCUT2D eigenvalue weighted by molar-refractivity contribution is 0.544. The Morgan fingerprint density at radius 3 is 2.89 bits per heavy atom. The second-order valence-electron chi connectivity index (χ2n) is 4.83. The van der Waals surface area contributed by atoms with Gasteiger partial charge in [0.25, 0.3) is 0 Å². The molecule has 3 N–H and O–H groups in total. The molecule has 2 aromatic rings. The van der Waals surface area contributed by atoms with Crippen LogP contribution in [0.25, 0.3) is 10.7 Å². The van der Waals surface area contributed by atoms with Gasteiger partial charge in [0.15, 0.2) is 5.82 Å². The lowest BCUT2D eigenvalue weighted by atomic mass is 10.0. The molecule has 0 aliphatic heterocycles. The SMILES string of the molecule is CC(N)CCCC(C)c1nc(-c2cccs2)n[nH]1. The number of nitrogens with zero attached hydrogens (tertiary/aromatic N) is 2. The highest BCUT2D eigenvalue weighted by atomic mass is 32.1. The second-order valence-corrected chi connectivity index (χ2v) is 5.78. The molecule has 4 nitrogen and oxygen atoms in total. The Morgan fingerprint density at radius 2 is 2.22 bits per heavy atom. The third kappa shape index (κ3) is 3.40. The minimum absolute atomic E-state index is 0.286. The van der Waals surface area contributed by atoms with E-state index in [1.807, 2.05) is 24.4 Å². The van der Waals surface area contributed by atoms with Gasteiger partial charge in [-0.05, 0) is 31.2 Å². The minimum Gasteiger partial charge on any atom is -0.328 e. The summed E-state index contributed by atoms with van der Waals surface area (Å²) in [5.74, 6) is 2.19. The average molecular weight is 264 g/mol. The first-order valence-corrected chi connectivity index (χ1v) is 7.26. The summed E-state index contributed by atoms with van der Waals surface area (Å²) in [5.41, 5.74) is 5.75. The second kappa shape index (κ2) is 6.11. The highest BCUT2D eigenvalue weighted by Crippen LogP contribution is 2.24. The third-order valence-electron chi connectivity index (χ3n) is 3.01. The van der Waals surface area contributed by atoms with Gasteiger partial charge < -0.3 is 5.73 Å². The molecule has 2 heterocycles. The molecular formula is C13H20N4S. The molecule has 2 unspecified atom stereocenters. The van der Waals surface area contributed by atoms with Gasteiger partial charge >= 0.3 is 0 Å². The van der Waals surface area contributed by atoms with Crippen LogP contribution in [0.3, 0.4) is 0 Å². The van der Waals surface area contributed by atoms with E-state index in [2.05, 4.69) is 22.1 Å². The van der Waals surface area contributed by atoms with E-state index in [1.165, 1.54) is 0 Å². The van der Waals surface area contributed by atoms with Crippen molar-refractivity contribution in [1.82, 2.24) is 15.2 Å². The summed E-state index contributed by atoms with van der Waals surface area (Å²) in [6, 6.07) is 4.34. The molecule has 0 fully saturated rings. The third-order valence-corrected chi connectivity index (χ3v) is 3.87. The lowest BCUT2D eigenvalue weighted by Crippen LogP contribution is -2.14. The topological polar surface area (TPSA) is 67.6 Å². The van der Waals surface area contributed by atoms with Crippen molar-refractivity contribution in [3.63, 3.8) is 0 Å². The maximum absolute atomic E-state index is 5.75. The fraction of sp³-hybridized carbons (Fsp3) is 0.538. The molecule has 0 bridgehead atoms. The molecule has 0 amide bonds. The highest BCUT2D eigenvalue weighted by Gasteiger charge is 2.12. The Morgan fingerprint density at radius 1 is 1.39 bits per heavy atom. The van der Waals surface area contributed by atoms with Crippen molar-refractivity contribution in [2.24, 2.45) is 5.73 Å². The van der Waals surface area contributed by atoms with Crippen LogP contribution in [0.2, 0.25) is 0 Å². The first-order chi connectivity index (χ1) is 8.66. The molecule has 0 saturated carbocycles. The summed E-state index contributed by atoms with van der Waals surface area (Å²) in [6.07, 6.45) is 3.30. The molecule has 5 heteroatoms. The maximum Gasteiger partial charge on any atom is 0.191 e. The Labute approximate surface area is 112 Å². The van der Waals surface area contributed by atoms with E-state index in [-0.39, 0.29) is 6.04 Å². The van der Waals surface area contributed by atoms with Gasteiger partial charge in [-0.2, -0.15) is 5.10 Å². The van der Waals surface area contributed by atoms with Gasteiger partial charge in [0.2, 0.25) is 0 Å². The van der Waals surface area contributed by atoms with E-state index >= 15 is 0 Å². The molecule has 0 radical (unpaired) electrons. The fourth-order valence-corrected chi connectivity index (χ4v) is 2.55. The summed E-state index contributed by atoms with van der Waals surface area (Å²) < 4.78 is 0. The molecule has 2 atom stereocenters. The number of aromatic nitrogens is 3. The normalized spacial score (nSPS) is 14.6. The molecule has 18 heavy (non-hydrogen) atoms. The van der Waals surface area contributed by atoms with Crippen LogP contribution in [0.1, 0.15) is 44.9 Å². The van der Waals surface area contributed by atoms with E-state index in [4.69, 9.17) is 5.73 Å². The van der Waals surface area contributed by atoms with Gasteiger partial charge in [0.05, 0.1) is 4.88 Å². The number of hydrogen-bond acceptors (Lipinski definition) is 4. The summed E-state index contributed by atoms with van der Waals surface area (Å²) in [5, 5.41) is 9.36. The van der Waals surface area contributed by atoms with E-state index < -0.39 is 0 Å². The Hall–Kier alpha value is -1.20. The average Bonchev–Trinajstić information content (AvgIpc) is 2.99. The van der Waals surface area contributed by atoms with Crippen molar-refractivity contribution in [2.45, 2.75) is 45.1 Å². The zero-order valence-corrected chi connectivity index (χ0v) is 11.7. The summed E-state index contributed by atoms with van der Waals surface area (Å²) >= 11 is 1.66. The van der Waals surface area contributed by atoms with Gasteiger partial charge in [-0.1, -0.05) is 19.4 Å². The molecule has 2 rings (SSSR count). The highest BCUT2D eigenvalue weighted by molar-refractivity contribution is 7.13. The lowest BCUT2D eigenvalue weighted by Gasteiger charge is -2.08. The Kier molecular flexibility index (Phi) is 4.49. The summed E-state index contributed by atoms with van der Waals surface area (Å²) in [4.78, 5) is 5.67. The summed E-state index contributed by atoms with van der Waals surface area (Å²) in [6.45, 7) is 4.23. The number of nitrogens with one attached hydrogen (secondary N) is 1. The van der Waals surface area contributed by atoms with Crippen molar-refractivity contribution in [1.29, 1.82) is 0 Å².